The van der Waals surface area contributed by atoms with Crippen molar-refractivity contribution in [3.05, 3.63) is 69.9 Å². The highest BCUT2D eigenvalue weighted by Gasteiger charge is 2.10. The average molecular weight is 333 g/mol. The molecule has 0 aliphatic rings. The Balaban J connectivity index is 1.95. The largest absolute Gasteiger partial charge is 0.311 e. The van der Waals surface area contributed by atoms with Crippen molar-refractivity contribution in [2.75, 3.05) is 6.54 Å². The van der Waals surface area contributed by atoms with Crippen LogP contribution in [0.1, 0.15) is 17.0 Å². The summed E-state index contributed by atoms with van der Waals surface area (Å²) < 4.78 is 14.4. The highest BCUT2D eigenvalue weighted by atomic mass is 79.9. The molecule has 0 fully saturated rings. The van der Waals surface area contributed by atoms with Gasteiger partial charge in [0.1, 0.15) is 5.82 Å². The Morgan fingerprint density at radius 1 is 1.20 bits per heavy atom. The summed E-state index contributed by atoms with van der Waals surface area (Å²) in [5.41, 5.74) is 1.56. The zero-order valence-corrected chi connectivity index (χ0v) is 12.4. The van der Waals surface area contributed by atoms with E-state index in [-0.39, 0.29) is 11.7 Å². The number of nitrogens with zero attached hydrogens (tertiary/aromatic N) is 1. The van der Waals surface area contributed by atoms with Gasteiger partial charge >= 0.3 is 0 Å². The molecule has 0 radical (unpaired) electrons. The van der Waals surface area contributed by atoms with Crippen LogP contribution < -0.4 is 5.32 Å². The molecule has 1 atom stereocenters. The van der Waals surface area contributed by atoms with Crippen molar-refractivity contribution in [3.8, 4) is 6.07 Å². The number of nitriles is 1. The molecule has 1 unspecified atom stereocenters. The van der Waals surface area contributed by atoms with Crippen LogP contribution in [0.15, 0.2) is 53.0 Å². The highest BCUT2D eigenvalue weighted by Crippen LogP contribution is 2.16. The number of halogens is 2. The van der Waals surface area contributed by atoms with E-state index in [0.29, 0.717) is 18.7 Å². The molecule has 0 aromatic heterocycles. The van der Waals surface area contributed by atoms with Gasteiger partial charge in [0.05, 0.1) is 12.0 Å². The molecular weight excluding hydrogens is 319 g/mol. The zero-order chi connectivity index (χ0) is 14.4. The Labute approximate surface area is 126 Å². The van der Waals surface area contributed by atoms with E-state index in [1.165, 1.54) is 6.07 Å². The lowest BCUT2D eigenvalue weighted by atomic mass is 10.0. The van der Waals surface area contributed by atoms with E-state index >= 15 is 0 Å². The van der Waals surface area contributed by atoms with Crippen molar-refractivity contribution < 1.29 is 4.39 Å². The van der Waals surface area contributed by atoms with E-state index in [2.05, 4.69) is 27.3 Å². The van der Waals surface area contributed by atoms with Crippen LogP contribution in [0.5, 0.6) is 0 Å². The predicted octanol–water partition coefficient (Wildman–Crippen LogP) is 3.99. The van der Waals surface area contributed by atoms with Crippen molar-refractivity contribution in [1.82, 2.24) is 5.32 Å². The van der Waals surface area contributed by atoms with Crippen molar-refractivity contribution in [3.63, 3.8) is 0 Å². The number of hydrogen-bond acceptors (Lipinski definition) is 2. The maximum Gasteiger partial charge on any atom is 0.127 e. The number of hydrogen-bond donors (Lipinski definition) is 1. The molecule has 0 amide bonds. The molecule has 0 saturated heterocycles. The summed E-state index contributed by atoms with van der Waals surface area (Å²) in [5.74, 6) is -0.472. The molecule has 0 aliphatic carbocycles. The summed E-state index contributed by atoms with van der Waals surface area (Å²) >= 11 is 3.32. The Hall–Kier alpha value is -1.70. The first-order chi connectivity index (χ1) is 9.70. The van der Waals surface area contributed by atoms with Crippen LogP contribution >= 0.6 is 15.9 Å². The fourth-order valence-electron chi connectivity index (χ4n) is 1.95. The van der Waals surface area contributed by atoms with Gasteiger partial charge in [-0.3, -0.25) is 0 Å². The van der Waals surface area contributed by atoms with Crippen molar-refractivity contribution in [1.29, 1.82) is 5.26 Å². The maximum atomic E-state index is 13.6. The monoisotopic (exact) mass is 332 g/mol. The molecule has 2 rings (SSSR count). The number of nitrogens with one attached hydrogen (secondary N) is 1. The Kier molecular flexibility index (Phi) is 5.28. The van der Waals surface area contributed by atoms with Crippen LogP contribution in [0, 0.1) is 17.1 Å². The fourth-order valence-corrected chi connectivity index (χ4v) is 2.36. The molecule has 0 aliphatic heterocycles. The van der Waals surface area contributed by atoms with Gasteiger partial charge in [0.25, 0.3) is 0 Å². The lowest BCUT2D eigenvalue weighted by molar-refractivity contribution is 0.581. The average Bonchev–Trinajstić information content (AvgIpc) is 2.48. The Bertz CT molecular complexity index is 608. The van der Waals surface area contributed by atoms with Crippen LogP contribution in [-0.4, -0.2) is 6.54 Å². The molecular formula is C16H14BrFN2. The second kappa shape index (κ2) is 7.18. The molecule has 2 nitrogen and oxygen atoms in total. The minimum absolute atomic E-state index is 0.230. The summed E-state index contributed by atoms with van der Waals surface area (Å²) in [6.07, 6.45) is 0. The number of rotatable bonds is 5. The minimum atomic E-state index is -0.242. The van der Waals surface area contributed by atoms with E-state index in [4.69, 9.17) is 0 Å². The maximum absolute atomic E-state index is 13.6. The molecule has 2 aromatic carbocycles. The first-order valence-electron chi connectivity index (χ1n) is 6.30. The first kappa shape index (κ1) is 14.7. The summed E-state index contributed by atoms with van der Waals surface area (Å²) in [5, 5.41) is 12.3. The fraction of sp³-hybridized carbons (Fsp3) is 0.188. The molecule has 0 spiro atoms. The van der Waals surface area contributed by atoms with Gasteiger partial charge in [-0.1, -0.05) is 46.3 Å². The summed E-state index contributed by atoms with van der Waals surface area (Å²) in [7, 11) is 0. The lowest BCUT2D eigenvalue weighted by Crippen LogP contribution is -2.21. The highest BCUT2D eigenvalue weighted by molar-refractivity contribution is 9.10. The van der Waals surface area contributed by atoms with Gasteiger partial charge < -0.3 is 5.32 Å². The van der Waals surface area contributed by atoms with Crippen molar-refractivity contribution >= 4 is 15.9 Å². The Morgan fingerprint density at radius 3 is 2.65 bits per heavy atom. The second-order valence-electron chi connectivity index (χ2n) is 4.46. The Morgan fingerprint density at radius 2 is 1.95 bits per heavy atom. The third-order valence-electron chi connectivity index (χ3n) is 3.03. The second-order valence-corrected chi connectivity index (χ2v) is 5.37. The van der Waals surface area contributed by atoms with E-state index in [1.54, 1.807) is 12.1 Å². The summed E-state index contributed by atoms with van der Waals surface area (Å²) in [6.45, 7) is 0.892. The summed E-state index contributed by atoms with van der Waals surface area (Å²) in [4.78, 5) is 0. The van der Waals surface area contributed by atoms with Crippen molar-refractivity contribution in [2.24, 2.45) is 0 Å². The molecule has 20 heavy (non-hydrogen) atoms. The topological polar surface area (TPSA) is 35.8 Å². The van der Waals surface area contributed by atoms with Gasteiger partial charge in [0.2, 0.25) is 0 Å². The van der Waals surface area contributed by atoms with Gasteiger partial charge in [0, 0.05) is 23.1 Å². The molecule has 1 N–H and O–H groups in total. The molecule has 0 heterocycles. The standard InChI is InChI=1S/C16H14BrFN2/c17-15-6-7-16(18)13(8-15)10-20-11-14(9-19)12-4-2-1-3-5-12/h1-8,14,20H,10-11H2. The van der Waals surface area contributed by atoms with Crippen molar-refractivity contribution in [2.45, 2.75) is 12.5 Å². The number of benzene rings is 2. The van der Waals surface area contributed by atoms with Gasteiger partial charge in [-0.2, -0.15) is 5.26 Å². The SMILES string of the molecule is N#CC(CNCc1cc(Br)ccc1F)c1ccccc1. The van der Waals surface area contributed by atoms with E-state index in [1.807, 2.05) is 30.3 Å². The summed E-state index contributed by atoms with van der Waals surface area (Å²) in [6, 6.07) is 16.7. The van der Waals surface area contributed by atoms with Crippen LogP contribution in [-0.2, 0) is 6.54 Å². The van der Waals surface area contributed by atoms with Crippen LogP contribution in [0.25, 0.3) is 0 Å². The van der Waals surface area contributed by atoms with E-state index in [9.17, 15) is 9.65 Å². The van der Waals surface area contributed by atoms with Gasteiger partial charge in [-0.25, -0.2) is 4.39 Å². The minimum Gasteiger partial charge on any atom is -0.311 e. The molecule has 0 bridgehead atoms. The van der Waals surface area contributed by atoms with E-state index < -0.39 is 0 Å². The van der Waals surface area contributed by atoms with Gasteiger partial charge in [-0.05, 0) is 23.8 Å². The molecule has 2 aromatic rings. The van der Waals surface area contributed by atoms with E-state index in [0.717, 1.165) is 10.0 Å². The molecule has 4 heteroatoms. The molecule has 0 saturated carbocycles. The normalized spacial score (nSPS) is 11.8. The third kappa shape index (κ3) is 3.89. The van der Waals surface area contributed by atoms with Gasteiger partial charge in [0.15, 0.2) is 0 Å². The zero-order valence-electron chi connectivity index (χ0n) is 10.8. The third-order valence-corrected chi connectivity index (χ3v) is 3.52. The van der Waals surface area contributed by atoms with Crippen LogP contribution in [0.3, 0.4) is 0 Å². The van der Waals surface area contributed by atoms with Crippen LogP contribution in [0.2, 0.25) is 0 Å². The molecule has 102 valence electrons. The quantitative estimate of drug-likeness (QED) is 0.898. The lowest BCUT2D eigenvalue weighted by Gasteiger charge is -2.11. The first-order valence-corrected chi connectivity index (χ1v) is 7.09. The predicted molar refractivity (Wildman–Crippen MR) is 80.6 cm³/mol. The smallest absolute Gasteiger partial charge is 0.127 e. The van der Waals surface area contributed by atoms with Crippen LogP contribution in [0.4, 0.5) is 4.39 Å². The van der Waals surface area contributed by atoms with Gasteiger partial charge in [-0.15, -0.1) is 0 Å².